The van der Waals surface area contributed by atoms with Crippen molar-refractivity contribution in [3.63, 3.8) is 0 Å². The van der Waals surface area contributed by atoms with Crippen molar-refractivity contribution in [2.75, 3.05) is 31.3 Å². The first-order valence-electron chi connectivity index (χ1n) is 7.53. The lowest BCUT2D eigenvalue weighted by atomic mass is 10.2. The molecule has 0 spiro atoms. The van der Waals surface area contributed by atoms with Crippen molar-refractivity contribution in [1.82, 2.24) is 4.31 Å². The molecule has 1 amide bonds. The molecule has 0 heterocycles. The van der Waals surface area contributed by atoms with Crippen molar-refractivity contribution in [2.24, 2.45) is 0 Å². The minimum absolute atomic E-state index is 0.00732. The number of carbonyl (C=O) groups is 1. The second kappa shape index (κ2) is 7.86. The summed E-state index contributed by atoms with van der Waals surface area (Å²) in [4.78, 5) is 12.3. The fraction of sp³-hybridized carbons (Fsp3) is 0.235. The van der Waals surface area contributed by atoms with E-state index in [2.05, 4.69) is 10.6 Å². The van der Waals surface area contributed by atoms with Gasteiger partial charge in [-0.2, -0.15) is 0 Å². The highest BCUT2D eigenvalue weighted by Crippen LogP contribution is 2.23. The predicted octanol–water partition coefficient (Wildman–Crippen LogP) is 2.95. The lowest BCUT2D eigenvalue weighted by Gasteiger charge is -2.15. The molecular weight excluding hydrogens is 362 g/mol. The van der Waals surface area contributed by atoms with Crippen molar-refractivity contribution in [3.8, 4) is 0 Å². The van der Waals surface area contributed by atoms with Gasteiger partial charge in [-0.05, 0) is 36.8 Å². The Bertz CT molecular complexity index is 882. The predicted molar refractivity (Wildman–Crippen MR) is 101 cm³/mol. The molecule has 0 aromatic heterocycles. The first kappa shape index (κ1) is 19.2. The Morgan fingerprint density at radius 3 is 2.48 bits per heavy atom. The van der Waals surface area contributed by atoms with Gasteiger partial charge in [-0.15, -0.1) is 0 Å². The molecule has 8 heteroatoms. The molecule has 0 saturated heterocycles. The van der Waals surface area contributed by atoms with Gasteiger partial charge >= 0.3 is 0 Å². The minimum atomic E-state index is -3.58. The third kappa shape index (κ3) is 4.72. The van der Waals surface area contributed by atoms with Gasteiger partial charge < -0.3 is 10.6 Å². The maximum Gasteiger partial charge on any atom is 0.243 e. The number of hydrogen-bond donors (Lipinski definition) is 2. The van der Waals surface area contributed by atoms with E-state index in [-0.39, 0.29) is 17.3 Å². The maximum absolute atomic E-state index is 12.3. The standard InChI is InChI=1S/C17H20ClN3O3S/c1-12-8-9-13(10-16(12)25(23,24)21(2)3)20-17(22)11-19-15-7-5-4-6-14(15)18/h4-10,19H,11H2,1-3H3,(H,20,22). The van der Waals surface area contributed by atoms with E-state index in [4.69, 9.17) is 11.6 Å². The normalized spacial score (nSPS) is 11.4. The fourth-order valence-electron chi connectivity index (χ4n) is 2.14. The first-order valence-corrected chi connectivity index (χ1v) is 9.35. The number of aryl methyl sites for hydroxylation is 1. The number of nitrogens with one attached hydrogen (secondary N) is 2. The van der Waals surface area contributed by atoms with E-state index in [0.29, 0.717) is 22.0 Å². The van der Waals surface area contributed by atoms with E-state index in [1.165, 1.54) is 20.2 Å². The summed E-state index contributed by atoms with van der Waals surface area (Å²) in [6.07, 6.45) is 0. The quantitative estimate of drug-likeness (QED) is 0.806. The largest absolute Gasteiger partial charge is 0.375 e. The third-order valence-corrected chi connectivity index (χ3v) is 5.83. The summed E-state index contributed by atoms with van der Waals surface area (Å²) in [6.45, 7) is 1.72. The van der Waals surface area contributed by atoms with Crippen molar-refractivity contribution in [1.29, 1.82) is 0 Å². The highest BCUT2D eigenvalue weighted by Gasteiger charge is 2.20. The van der Waals surface area contributed by atoms with E-state index >= 15 is 0 Å². The molecule has 134 valence electrons. The Kier molecular flexibility index (Phi) is 6.05. The summed E-state index contributed by atoms with van der Waals surface area (Å²) in [6, 6.07) is 11.9. The fourth-order valence-corrected chi connectivity index (χ4v) is 3.48. The first-order chi connectivity index (χ1) is 11.7. The zero-order valence-corrected chi connectivity index (χ0v) is 15.8. The molecular formula is C17H20ClN3O3S. The summed E-state index contributed by atoms with van der Waals surface area (Å²) in [5.74, 6) is -0.308. The number of carbonyl (C=O) groups excluding carboxylic acids is 1. The zero-order valence-electron chi connectivity index (χ0n) is 14.2. The number of halogens is 1. The topological polar surface area (TPSA) is 78.5 Å². The van der Waals surface area contributed by atoms with E-state index in [1.54, 1.807) is 37.3 Å². The number of rotatable bonds is 6. The van der Waals surface area contributed by atoms with Gasteiger partial charge in [0.05, 0.1) is 22.2 Å². The van der Waals surface area contributed by atoms with E-state index < -0.39 is 10.0 Å². The van der Waals surface area contributed by atoms with Crippen LogP contribution in [0.15, 0.2) is 47.4 Å². The number of benzene rings is 2. The van der Waals surface area contributed by atoms with Crippen LogP contribution in [0.2, 0.25) is 5.02 Å². The van der Waals surface area contributed by atoms with Crippen LogP contribution in [-0.2, 0) is 14.8 Å². The highest BCUT2D eigenvalue weighted by atomic mass is 35.5. The Morgan fingerprint density at radius 1 is 1.16 bits per heavy atom. The summed E-state index contributed by atoms with van der Waals surface area (Å²) in [5, 5.41) is 6.14. The lowest BCUT2D eigenvalue weighted by molar-refractivity contribution is -0.114. The van der Waals surface area contributed by atoms with Gasteiger partial charge in [0.1, 0.15) is 0 Å². The van der Waals surface area contributed by atoms with Crippen LogP contribution in [-0.4, -0.2) is 39.3 Å². The number of anilines is 2. The molecule has 2 rings (SSSR count). The molecule has 2 N–H and O–H groups in total. The molecule has 0 atom stereocenters. The molecule has 0 aliphatic rings. The van der Waals surface area contributed by atoms with Crippen molar-refractivity contribution < 1.29 is 13.2 Å². The Morgan fingerprint density at radius 2 is 1.84 bits per heavy atom. The molecule has 0 fully saturated rings. The summed E-state index contributed by atoms with van der Waals surface area (Å²) < 4.78 is 25.8. The Hall–Kier alpha value is -2.09. The van der Waals surface area contributed by atoms with Crippen LogP contribution < -0.4 is 10.6 Å². The maximum atomic E-state index is 12.3. The van der Waals surface area contributed by atoms with Crippen molar-refractivity contribution in [2.45, 2.75) is 11.8 Å². The molecule has 2 aromatic rings. The van der Waals surface area contributed by atoms with Crippen LogP contribution in [0.3, 0.4) is 0 Å². The number of para-hydroxylation sites is 1. The van der Waals surface area contributed by atoms with Crippen LogP contribution in [0, 0.1) is 6.92 Å². The smallest absolute Gasteiger partial charge is 0.243 e. The van der Waals surface area contributed by atoms with Gasteiger partial charge in [0.15, 0.2) is 0 Å². The van der Waals surface area contributed by atoms with Gasteiger partial charge in [-0.1, -0.05) is 29.8 Å². The SMILES string of the molecule is Cc1ccc(NC(=O)CNc2ccccc2Cl)cc1S(=O)(=O)N(C)C. The van der Waals surface area contributed by atoms with Crippen LogP contribution in [0.25, 0.3) is 0 Å². The summed E-state index contributed by atoms with van der Waals surface area (Å²) in [7, 11) is -0.646. The number of amides is 1. The van der Waals surface area contributed by atoms with Crippen molar-refractivity contribution >= 4 is 38.9 Å². The van der Waals surface area contributed by atoms with Crippen LogP contribution in [0.5, 0.6) is 0 Å². The number of hydrogen-bond acceptors (Lipinski definition) is 4. The van der Waals surface area contributed by atoms with Gasteiger partial charge in [0.25, 0.3) is 0 Å². The Labute approximate surface area is 152 Å². The number of nitrogens with zero attached hydrogens (tertiary/aromatic N) is 1. The van der Waals surface area contributed by atoms with Gasteiger partial charge in [-0.3, -0.25) is 4.79 Å². The molecule has 0 saturated carbocycles. The van der Waals surface area contributed by atoms with Crippen LogP contribution >= 0.6 is 11.6 Å². The van der Waals surface area contributed by atoms with Gasteiger partial charge in [-0.25, -0.2) is 12.7 Å². The minimum Gasteiger partial charge on any atom is -0.375 e. The second-order valence-electron chi connectivity index (χ2n) is 5.65. The molecule has 2 aromatic carbocycles. The molecule has 0 aliphatic heterocycles. The summed E-state index contributed by atoms with van der Waals surface area (Å²) in [5.41, 5.74) is 1.68. The average molecular weight is 382 g/mol. The van der Waals surface area contributed by atoms with Crippen LogP contribution in [0.1, 0.15) is 5.56 Å². The Balaban J connectivity index is 2.10. The van der Waals surface area contributed by atoms with Crippen molar-refractivity contribution in [3.05, 3.63) is 53.1 Å². The molecule has 0 radical (unpaired) electrons. The summed E-state index contributed by atoms with van der Waals surface area (Å²) >= 11 is 6.02. The van der Waals surface area contributed by atoms with Crippen LogP contribution in [0.4, 0.5) is 11.4 Å². The highest BCUT2D eigenvalue weighted by molar-refractivity contribution is 7.89. The number of sulfonamides is 1. The van der Waals surface area contributed by atoms with E-state index in [1.807, 2.05) is 6.07 Å². The van der Waals surface area contributed by atoms with Gasteiger partial charge in [0, 0.05) is 19.8 Å². The van der Waals surface area contributed by atoms with E-state index in [0.717, 1.165) is 4.31 Å². The monoisotopic (exact) mass is 381 g/mol. The molecule has 0 unspecified atom stereocenters. The molecule has 25 heavy (non-hydrogen) atoms. The molecule has 0 aliphatic carbocycles. The third-order valence-electron chi connectivity index (χ3n) is 3.54. The lowest BCUT2D eigenvalue weighted by Crippen LogP contribution is -2.24. The second-order valence-corrected chi connectivity index (χ2v) is 8.18. The zero-order chi connectivity index (χ0) is 18.6. The van der Waals surface area contributed by atoms with Gasteiger partial charge in [0.2, 0.25) is 15.9 Å². The average Bonchev–Trinajstić information content (AvgIpc) is 2.55. The molecule has 6 nitrogen and oxygen atoms in total. The molecule has 0 bridgehead atoms. The van der Waals surface area contributed by atoms with E-state index in [9.17, 15) is 13.2 Å².